The van der Waals surface area contributed by atoms with Gasteiger partial charge < -0.3 is 15.0 Å². The normalized spacial score (nSPS) is 12.1. The molecule has 1 atom stereocenters. The summed E-state index contributed by atoms with van der Waals surface area (Å²) in [5.41, 5.74) is 1.20. The molecule has 1 heterocycles. The first-order chi connectivity index (χ1) is 12.8. The summed E-state index contributed by atoms with van der Waals surface area (Å²) < 4.78 is 28.9. The smallest absolute Gasteiger partial charge is 0.387 e. The number of nitrogens with one attached hydrogen (secondary N) is 3. The lowest BCUT2D eigenvalue weighted by atomic mass is 10.1. The molecule has 3 aromatic rings. The Bertz CT molecular complexity index is 1090. The van der Waals surface area contributed by atoms with Gasteiger partial charge in [0.25, 0.3) is 11.5 Å². The molecule has 0 bridgehead atoms. The van der Waals surface area contributed by atoms with Crippen LogP contribution in [-0.4, -0.2) is 22.5 Å². The molecule has 0 spiro atoms. The summed E-state index contributed by atoms with van der Waals surface area (Å²) in [7, 11) is 0. The van der Waals surface area contributed by atoms with Crippen LogP contribution in [0.2, 0.25) is 0 Å². The third kappa shape index (κ3) is 4.37. The molecule has 0 saturated heterocycles. The molecule has 0 aliphatic carbocycles. The molecule has 3 N–H and O–H groups in total. The van der Waals surface area contributed by atoms with Crippen molar-refractivity contribution in [2.75, 3.05) is 0 Å². The Morgan fingerprint density at radius 3 is 2.52 bits per heavy atom. The number of fused-ring (bicyclic) bond motifs is 1. The summed E-state index contributed by atoms with van der Waals surface area (Å²) >= 11 is 4.94. The molecule has 1 aromatic heterocycles. The first-order valence-corrected chi connectivity index (χ1v) is 8.36. The monoisotopic (exact) mass is 391 g/mol. The molecule has 0 fully saturated rings. The van der Waals surface area contributed by atoms with Gasteiger partial charge in [0.2, 0.25) is 0 Å². The number of hydrogen-bond acceptors (Lipinski definition) is 4. The number of alkyl halides is 2. The quantitative estimate of drug-likeness (QED) is 0.579. The highest BCUT2D eigenvalue weighted by Crippen LogP contribution is 2.20. The van der Waals surface area contributed by atoms with Crippen molar-refractivity contribution in [1.29, 1.82) is 0 Å². The molecule has 0 aliphatic heterocycles. The summed E-state index contributed by atoms with van der Waals surface area (Å²) in [6.07, 6.45) is 0. The van der Waals surface area contributed by atoms with Gasteiger partial charge in [0.05, 0.1) is 16.9 Å². The van der Waals surface area contributed by atoms with Crippen molar-refractivity contribution in [1.82, 2.24) is 15.3 Å². The van der Waals surface area contributed by atoms with E-state index in [-0.39, 0.29) is 28.0 Å². The number of carbonyl (C=O) groups is 1. The van der Waals surface area contributed by atoms with E-state index in [9.17, 15) is 18.4 Å². The molecule has 27 heavy (non-hydrogen) atoms. The predicted molar refractivity (Wildman–Crippen MR) is 98.7 cm³/mol. The molecule has 0 aliphatic rings. The summed E-state index contributed by atoms with van der Waals surface area (Å²) in [6.45, 7) is -1.12. The Balaban J connectivity index is 1.77. The Labute approximate surface area is 157 Å². The maximum atomic E-state index is 12.5. The lowest BCUT2D eigenvalue weighted by Crippen LogP contribution is -2.26. The van der Waals surface area contributed by atoms with Crippen LogP contribution in [0.15, 0.2) is 47.3 Å². The third-order valence-corrected chi connectivity index (χ3v) is 4.16. The zero-order valence-corrected chi connectivity index (χ0v) is 14.9. The van der Waals surface area contributed by atoms with Crippen molar-refractivity contribution in [3.63, 3.8) is 0 Å². The average Bonchev–Trinajstić information content (AvgIpc) is 2.61. The fourth-order valence-electron chi connectivity index (χ4n) is 2.61. The highest BCUT2D eigenvalue weighted by molar-refractivity contribution is 7.71. The van der Waals surface area contributed by atoms with Gasteiger partial charge in [-0.2, -0.15) is 8.78 Å². The van der Waals surface area contributed by atoms with Gasteiger partial charge in [-0.05, 0) is 55.0 Å². The second kappa shape index (κ2) is 7.67. The minimum absolute atomic E-state index is 0.0438. The predicted octanol–water partition coefficient (Wildman–Crippen LogP) is 3.68. The minimum Gasteiger partial charge on any atom is -0.435 e. The number of carbonyl (C=O) groups excluding carboxylic acids is 1. The van der Waals surface area contributed by atoms with E-state index in [1.807, 2.05) is 0 Å². The van der Waals surface area contributed by atoms with Crippen LogP contribution in [0.3, 0.4) is 0 Å². The van der Waals surface area contributed by atoms with Crippen molar-refractivity contribution in [2.24, 2.45) is 0 Å². The standard InChI is InChI=1S/C18H15F2N3O3S/c1-9(10-2-5-12(6-3-10)26-17(19)20)21-15(24)11-4-7-13-14(8-11)22-18(27)23-16(13)25/h2-9,17H,1H3,(H,21,24)(H2,22,23,25,27)/t9-/m1/s1. The molecular weight excluding hydrogens is 376 g/mol. The van der Waals surface area contributed by atoms with E-state index >= 15 is 0 Å². The Kier molecular flexibility index (Phi) is 5.31. The van der Waals surface area contributed by atoms with Gasteiger partial charge in [-0.15, -0.1) is 0 Å². The highest BCUT2D eigenvalue weighted by atomic mass is 32.1. The van der Waals surface area contributed by atoms with Crippen molar-refractivity contribution < 1.29 is 18.3 Å². The van der Waals surface area contributed by atoms with Crippen LogP contribution < -0.4 is 15.6 Å². The van der Waals surface area contributed by atoms with E-state index in [2.05, 4.69) is 20.0 Å². The van der Waals surface area contributed by atoms with Gasteiger partial charge in [-0.1, -0.05) is 12.1 Å². The number of ether oxygens (including phenoxy) is 1. The molecule has 140 valence electrons. The lowest BCUT2D eigenvalue weighted by molar-refractivity contribution is -0.0498. The van der Waals surface area contributed by atoms with Gasteiger partial charge >= 0.3 is 6.61 Å². The first-order valence-electron chi connectivity index (χ1n) is 7.95. The first kappa shape index (κ1) is 18.7. The average molecular weight is 391 g/mol. The van der Waals surface area contributed by atoms with Crippen LogP contribution in [0.25, 0.3) is 10.9 Å². The van der Waals surface area contributed by atoms with Crippen LogP contribution in [0.5, 0.6) is 5.75 Å². The van der Waals surface area contributed by atoms with E-state index < -0.39 is 6.61 Å². The van der Waals surface area contributed by atoms with Crippen molar-refractivity contribution in [3.8, 4) is 5.75 Å². The molecular formula is C18H15F2N3O3S. The summed E-state index contributed by atoms with van der Waals surface area (Å²) in [6, 6.07) is 10.3. The fourth-order valence-corrected chi connectivity index (χ4v) is 2.81. The number of amides is 1. The van der Waals surface area contributed by atoms with E-state index in [1.54, 1.807) is 25.1 Å². The van der Waals surface area contributed by atoms with Gasteiger partial charge in [0.1, 0.15) is 5.75 Å². The van der Waals surface area contributed by atoms with Crippen LogP contribution >= 0.6 is 12.2 Å². The van der Waals surface area contributed by atoms with Crippen LogP contribution in [0.4, 0.5) is 8.78 Å². The van der Waals surface area contributed by atoms with Crippen molar-refractivity contribution in [3.05, 3.63) is 68.7 Å². The van der Waals surface area contributed by atoms with Gasteiger partial charge in [-0.3, -0.25) is 14.6 Å². The van der Waals surface area contributed by atoms with E-state index in [0.29, 0.717) is 16.5 Å². The number of H-pyrrole nitrogens is 2. The maximum Gasteiger partial charge on any atom is 0.387 e. The molecule has 1 amide bonds. The van der Waals surface area contributed by atoms with E-state index in [0.717, 1.165) is 5.56 Å². The second-order valence-electron chi connectivity index (χ2n) is 5.81. The SMILES string of the molecule is C[C@@H](NC(=O)c1ccc2c(=O)[nH]c(=S)[nH]c2c1)c1ccc(OC(F)F)cc1. The third-order valence-electron chi connectivity index (χ3n) is 3.95. The van der Waals surface area contributed by atoms with Crippen LogP contribution in [-0.2, 0) is 0 Å². The van der Waals surface area contributed by atoms with Crippen molar-refractivity contribution in [2.45, 2.75) is 19.6 Å². The zero-order chi connectivity index (χ0) is 19.6. The number of aromatic amines is 2. The second-order valence-corrected chi connectivity index (χ2v) is 6.22. The zero-order valence-electron chi connectivity index (χ0n) is 14.1. The molecule has 0 radical (unpaired) electrons. The minimum atomic E-state index is -2.89. The largest absolute Gasteiger partial charge is 0.435 e. The molecule has 9 heteroatoms. The van der Waals surface area contributed by atoms with E-state index in [4.69, 9.17) is 12.2 Å². The number of hydrogen-bond donors (Lipinski definition) is 3. The van der Waals surface area contributed by atoms with Gasteiger partial charge in [-0.25, -0.2) is 0 Å². The summed E-state index contributed by atoms with van der Waals surface area (Å²) in [5, 5.41) is 3.20. The van der Waals surface area contributed by atoms with Crippen LogP contribution in [0, 0.1) is 4.77 Å². The number of halogens is 2. The Hall–Kier alpha value is -3.07. The van der Waals surface area contributed by atoms with E-state index in [1.165, 1.54) is 24.3 Å². The molecule has 6 nitrogen and oxygen atoms in total. The number of rotatable bonds is 5. The molecule has 2 aromatic carbocycles. The highest BCUT2D eigenvalue weighted by Gasteiger charge is 2.13. The summed E-state index contributed by atoms with van der Waals surface area (Å²) in [4.78, 5) is 29.6. The van der Waals surface area contributed by atoms with Gasteiger partial charge in [0.15, 0.2) is 4.77 Å². The lowest BCUT2D eigenvalue weighted by Gasteiger charge is -2.15. The van der Waals surface area contributed by atoms with Crippen molar-refractivity contribution >= 4 is 29.0 Å². The molecule has 3 rings (SSSR count). The fraction of sp³-hybridized carbons (Fsp3) is 0.167. The van der Waals surface area contributed by atoms with Gasteiger partial charge in [0, 0.05) is 5.56 Å². The number of benzene rings is 2. The maximum absolute atomic E-state index is 12.5. The molecule has 0 unspecified atom stereocenters. The topological polar surface area (TPSA) is 87.0 Å². The number of aromatic nitrogens is 2. The Morgan fingerprint density at radius 2 is 1.85 bits per heavy atom. The molecule has 0 saturated carbocycles. The summed E-state index contributed by atoms with van der Waals surface area (Å²) in [5.74, 6) is -0.306. The Morgan fingerprint density at radius 1 is 1.15 bits per heavy atom. The van der Waals surface area contributed by atoms with Crippen LogP contribution in [0.1, 0.15) is 28.9 Å².